The van der Waals surface area contributed by atoms with Gasteiger partial charge in [-0.25, -0.2) is 9.18 Å². The number of halogens is 1. The second-order valence-corrected chi connectivity index (χ2v) is 10.6. The third-order valence-corrected chi connectivity index (χ3v) is 6.52. The Morgan fingerprint density at radius 3 is 2.38 bits per heavy atom. The highest BCUT2D eigenvalue weighted by atomic mass is 19.1. The van der Waals surface area contributed by atoms with E-state index >= 15 is 0 Å². The molecule has 1 aliphatic rings. The van der Waals surface area contributed by atoms with E-state index in [1.54, 1.807) is 40.9 Å². The largest absolute Gasteiger partial charge is 0.490 e. The lowest BCUT2D eigenvalue weighted by molar-refractivity contribution is 0.0591. The van der Waals surface area contributed by atoms with Crippen molar-refractivity contribution in [3.8, 4) is 17.5 Å². The Kier molecular flexibility index (Phi) is 8.46. The van der Waals surface area contributed by atoms with Crippen molar-refractivity contribution in [2.45, 2.75) is 45.1 Å². The lowest BCUT2D eigenvalue weighted by Gasteiger charge is -2.32. The number of likely N-dealkylation sites (tertiary alicyclic amines) is 1. The van der Waals surface area contributed by atoms with E-state index in [1.807, 2.05) is 20.8 Å². The van der Waals surface area contributed by atoms with Crippen molar-refractivity contribution in [3.05, 3.63) is 53.5 Å². The number of urea groups is 1. The van der Waals surface area contributed by atoms with Gasteiger partial charge in [0.15, 0.2) is 0 Å². The number of nitrogens with zero attached hydrogens (tertiary/aromatic N) is 4. The fraction of sp³-hybridized carbons (Fsp3) is 0.429. The smallest absolute Gasteiger partial charge is 0.324 e. The van der Waals surface area contributed by atoms with Crippen LogP contribution in [0.3, 0.4) is 0 Å². The van der Waals surface area contributed by atoms with Gasteiger partial charge in [0.1, 0.15) is 29.1 Å². The van der Waals surface area contributed by atoms with Crippen LogP contribution in [-0.2, 0) is 12.5 Å². The molecule has 0 saturated carbocycles. The highest BCUT2D eigenvalue weighted by Gasteiger charge is 2.27. The fourth-order valence-corrected chi connectivity index (χ4v) is 4.33. The summed E-state index contributed by atoms with van der Waals surface area (Å²) >= 11 is 0. The molecule has 4 rings (SSSR count). The number of ether oxygens (including phenoxy) is 3. The van der Waals surface area contributed by atoms with Gasteiger partial charge in [-0.3, -0.25) is 14.8 Å². The molecule has 1 aliphatic heterocycles. The molecule has 3 heterocycles. The number of carbonyl (C=O) groups is 2. The molecular formula is C28H35FN6O5. The van der Waals surface area contributed by atoms with E-state index in [2.05, 4.69) is 20.7 Å². The minimum atomic E-state index is -0.546. The molecular weight excluding hydrogens is 519 g/mol. The summed E-state index contributed by atoms with van der Waals surface area (Å²) < 4.78 is 32.4. The summed E-state index contributed by atoms with van der Waals surface area (Å²) in [5.74, 6) is 0.612. The SMILES string of the molecule is COc1ccc(C(=O)N2CCC(Oc3cc(F)cc(NC(=O)Nc4cc(C(C)(C)C)nn4C)c3)CC2)c(OC)n1. The number of piperidine rings is 1. The number of methoxy groups -OCH3 is 2. The second kappa shape index (κ2) is 11.8. The van der Waals surface area contributed by atoms with Crippen LogP contribution in [0.15, 0.2) is 36.4 Å². The van der Waals surface area contributed by atoms with Crippen molar-refractivity contribution in [2.24, 2.45) is 7.05 Å². The molecule has 0 bridgehead atoms. The van der Waals surface area contributed by atoms with Gasteiger partial charge in [0.05, 0.1) is 19.9 Å². The van der Waals surface area contributed by atoms with Crippen LogP contribution in [-0.4, -0.2) is 65.0 Å². The fourth-order valence-electron chi connectivity index (χ4n) is 4.33. The molecule has 11 nitrogen and oxygen atoms in total. The molecule has 0 spiro atoms. The Morgan fingerprint density at radius 1 is 1.02 bits per heavy atom. The van der Waals surface area contributed by atoms with Crippen LogP contribution in [0.5, 0.6) is 17.5 Å². The molecule has 12 heteroatoms. The topological polar surface area (TPSA) is 120 Å². The minimum Gasteiger partial charge on any atom is -0.490 e. The van der Waals surface area contributed by atoms with Crippen LogP contribution in [0.25, 0.3) is 0 Å². The van der Waals surface area contributed by atoms with E-state index in [0.29, 0.717) is 43.2 Å². The van der Waals surface area contributed by atoms with Gasteiger partial charge in [0.25, 0.3) is 5.91 Å². The first kappa shape index (κ1) is 28.7. The lowest BCUT2D eigenvalue weighted by Crippen LogP contribution is -2.42. The molecule has 40 heavy (non-hydrogen) atoms. The molecule has 1 fully saturated rings. The average Bonchev–Trinajstić information content (AvgIpc) is 3.28. The molecule has 2 aromatic heterocycles. The third-order valence-electron chi connectivity index (χ3n) is 6.52. The first-order valence-electron chi connectivity index (χ1n) is 12.9. The Morgan fingerprint density at radius 2 is 1.75 bits per heavy atom. The number of pyridine rings is 1. The van der Waals surface area contributed by atoms with Gasteiger partial charge in [-0.05, 0) is 12.1 Å². The first-order valence-corrected chi connectivity index (χ1v) is 12.9. The zero-order chi connectivity index (χ0) is 29.0. The predicted octanol–water partition coefficient (Wildman–Crippen LogP) is 4.60. The Balaban J connectivity index is 1.34. The zero-order valence-electron chi connectivity index (χ0n) is 23.6. The van der Waals surface area contributed by atoms with E-state index in [0.717, 1.165) is 5.69 Å². The minimum absolute atomic E-state index is 0.174. The maximum absolute atomic E-state index is 14.4. The molecule has 0 unspecified atom stereocenters. The van der Waals surface area contributed by atoms with Crippen LogP contribution in [0.4, 0.5) is 20.7 Å². The maximum atomic E-state index is 14.4. The molecule has 0 aliphatic carbocycles. The standard InChI is InChI=1S/C28H35FN6O5/c1-28(2,3)22-16-23(34(4)33-22)31-27(37)30-18-13-17(29)14-20(15-18)40-19-9-11-35(12-10-19)26(36)21-7-8-24(38-5)32-25(21)39-6/h7-8,13-16,19H,9-12H2,1-6H3,(H2,30,31,37). The third kappa shape index (κ3) is 6.80. The van der Waals surface area contributed by atoms with Gasteiger partial charge in [-0.2, -0.15) is 10.1 Å². The first-order chi connectivity index (χ1) is 19.0. The van der Waals surface area contributed by atoms with E-state index in [-0.39, 0.29) is 34.7 Å². The summed E-state index contributed by atoms with van der Waals surface area (Å²) in [6.45, 7) is 6.99. The lowest BCUT2D eigenvalue weighted by atomic mass is 9.92. The monoisotopic (exact) mass is 554 g/mol. The van der Waals surface area contributed by atoms with Crippen LogP contribution in [0.2, 0.25) is 0 Å². The van der Waals surface area contributed by atoms with Gasteiger partial charge in [0, 0.05) is 68.3 Å². The Labute approximate surface area is 232 Å². The maximum Gasteiger partial charge on any atom is 0.324 e. The summed E-state index contributed by atoms with van der Waals surface area (Å²) in [5.41, 5.74) is 1.26. The summed E-state index contributed by atoms with van der Waals surface area (Å²) in [6.07, 6.45) is 0.871. The van der Waals surface area contributed by atoms with Crippen molar-refractivity contribution in [2.75, 3.05) is 37.9 Å². The number of hydrogen-bond acceptors (Lipinski definition) is 7. The van der Waals surface area contributed by atoms with Crippen molar-refractivity contribution < 1.29 is 28.2 Å². The number of carbonyl (C=O) groups excluding carboxylic acids is 2. The van der Waals surface area contributed by atoms with E-state index in [1.165, 1.54) is 26.4 Å². The van der Waals surface area contributed by atoms with Crippen LogP contribution >= 0.6 is 0 Å². The number of aryl methyl sites for hydroxylation is 1. The molecule has 3 aromatic rings. The molecule has 0 radical (unpaired) electrons. The normalized spacial score (nSPS) is 14.0. The summed E-state index contributed by atoms with van der Waals surface area (Å²) in [4.78, 5) is 31.6. The van der Waals surface area contributed by atoms with E-state index in [4.69, 9.17) is 14.2 Å². The number of benzene rings is 1. The highest BCUT2D eigenvalue weighted by Crippen LogP contribution is 2.27. The van der Waals surface area contributed by atoms with E-state index in [9.17, 15) is 14.0 Å². The number of hydrogen-bond donors (Lipinski definition) is 2. The predicted molar refractivity (Wildman–Crippen MR) is 148 cm³/mol. The average molecular weight is 555 g/mol. The molecule has 1 aromatic carbocycles. The van der Waals surface area contributed by atoms with Gasteiger partial charge in [-0.1, -0.05) is 20.8 Å². The number of amides is 3. The van der Waals surface area contributed by atoms with Gasteiger partial charge < -0.3 is 24.4 Å². The summed E-state index contributed by atoms with van der Waals surface area (Å²) in [5, 5.41) is 9.84. The van der Waals surface area contributed by atoms with E-state index < -0.39 is 11.8 Å². The van der Waals surface area contributed by atoms with Gasteiger partial charge in [-0.15, -0.1) is 0 Å². The molecule has 1 saturated heterocycles. The van der Waals surface area contributed by atoms with Crippen LogP contribution in [0, 0.1) is 5.82 Å². The quantitative estimate of drug-likeness (QED) is 0.438. The van der Waals surface area contributed by atoms with Crippen molar-refractivity contribution in [1.82, 2.24) is 19.7 Å². The molecule has 214 valence electrons. The number of aromatic nitrogens is 3. The molecule has 0 atom stereocenters. The van der Waals surface area contributed by atoms with Crippen molar-refractivity contribution >= 4 is 23.4 Å². The summed E-state index contributed by atoms with van der Waals surface area (Å²) in [6, 6.07) is 8.57. The number of nitrogens with one attached hydrogen (secondary N) is 2. The van der Waals surface area contributed by atoms with Crippen LogP contribution in [0.1, 0.15) is 49.7 Å². The molecule has 3 amide bonds. The number of rotatable bonds is 7. The van der Waals surface area contributed by atoms with Crippen molar-refractivity contribution in [3.63, 3.8) is 0 Å². The van der Waals surface area contributed by atoms with Gasteiger partial charge >= 0.3 is 6.03 Å². The van der Waals surface area contributed by atoms with Crippen molar-refractivity contribution in [1.29, 1.82) is 0 Å². The Hall–Kier alpha value is -4.35. The summed E-state index contributed by atoms with van der Waals surface area (Å²) in [7, 11) is 4.68. The van der Waals surface area contributed by atoms with Gasteiger partial charge in [0.2, 0.25) is 11.8 Å². The zero-order valence-corrected chi connectivity index (χ0v) is 23.6. The second-order valence-electron chi connectivity index (χ2n) is 10.6. The van der Waals surface area contributed by atoms with Crippen LogP contribution < -0.4 is 24.8 Å². The highest BCUT2D eigenvalue weighted by molar-refractivity contribution is 5.99. The Bertz CT molecular complexity index is 1380. The molecule has 2 N–H and O–H groups in total. The number of anilines is 2.